The Labute approximate surface area is 184 Å². The SMILES string of the molecule is Cc1nc2ccccc2c(=O)n1-c1ccc(C(=O)NC[C@@H](c2ccsc2)N(C)C)cc1. The molecule has 31 heavy (non-hydrogen) atoms. The standard InChI is InChI=1S/C24H24N4O2S/c1-16-26-21-7-5-4-6-20(21)24(30)28(16)19-10-8-17(9-11-19)23(29)25-14-22(27(2)3)18-12-13-31-15-18/h4-13,15,22H,14H2,1-3H3,(H,25,29)/t22-/m0/s1. The van der Waals surface area contributed by atoms with Crippen molar-refractivity contribution < 1.29 is 4.79 Å². The van der Waals surface area contributed by atoms with Crippen LogP contribution in [-0.2, 0) is 0 Å². The zero-order valence-electron chi connectivity index (χ0n) is 17.7. The van der Waals surface area contributed by atoms with E-state index in [4.69, 9.17) is 0 Å². The van der Waals surface area contributed by atoms with Gasteiger partial charge in [-0.05, 0) is 79.8 Å². The molecule has 1 amide bonds. The molecule has 0 bridgehead atoms. The van der Waals surface area contributed by atoms with Crippen LogP contribution < -0.4 is 10.9 Å². The fourth-order valence-corrected chi connectivity index (χ4v) is 4.37. The summed E-state index contributed by atoms with van der Waals surface area (Å²) < 4.78 is 1.57. The number of benzene rings is 2. The minimum absolute atomic E-state index is 0.111. The van der Waals surface area contributed by atoms with Gasteiger partial charge in [0.25, 0.3) is 11.5 Å². The molecular formula is C24H24N4O2S. The quantitative estimate of drug-likeness (QED) is 0.503. The number of amides is 1. The highest BCUT2D eigenvalue weighted by Gasteiger charge is 2.16. The van der Waals surface area contributed by atoms with Crippen LogP contribution in [0.2, 0.25) is 0 Å². The second-order valence-electron chi connectivity index (χ2n) is 7.61. The first-order chi connectivity index (χ1) is 15.0. The van der Waals surface area contributed by atoms with Crippen LogP contribution in [0.25, 0.3) is 16.6 Å². The van der Waals surface area contributed by atoms with Crippen LogP contribution in [0.15, 0.2) is 70.2 Å². The van der Waals surface area contributed by atoms with E-state index in [1.165, 1.54) is 5.56 Å². The van der Waals surface area contributed by atoms with E-state index < -0.39 is 0 Å². The zero-order chi connectivity index (χ0) is 22.0. The topological polar surface area (TPSA) is 67.2 Å². The van der Waals surface area contributed by atoms with Gasteiger partial charge in [0.1, 0.15) is 5.82 Å². The first-order valence-corrected chi connectivity index (χ1v) is 11.0. The highest BCUT2D eigenvalue weighted by Crippen LogP contribution is 2.20. The van der Waals surface area contributed by atoms with E-state index >= 15 is 0 Å². The molecule has 158 valence electrons. The molecule has 0 saturated heterocycles. The maximum atomic E-state index is 13.0. The molecule has 0 aliphatic heterocycles. The van der Waals surface area contributed by atoms with Crippen molar-refractivity contribution in [2.75, 3.05) is 20.6 Å². The monoisotopic (exact) mass is 432 g/mol. The van der Waals surface area contributed by atoms with Crippen LogP contribution in [-0.4, -0.2) is 41.0 Å². The van der Waals surface area contributed by atoms with E-state index in [-0.39, 0.29) is 17.5 Å². The first kappa shape index (κ1) is 21.0. The molecule has 7 heteroatoms. The van der Waals surface area contributed by atoms with Gasteiger partial charge in [-0.25, -0.2) is 4.98 Å². The molecule has 6 nitrogen and oxygen atoms in total. The van der Waals surface area contributed by atoms with Crippen molar-refractivity contribution in [3.8, 4) is 5.69 Å². The number of rotatable bonds is 6. The van der Waals surface area contributed by atoms with Gasteiger partial charge >= 0.3 is 0 Å². The van der Waals surface area contributed by atoms with Crippen molar-refractivity contribution in [2.24, 2.45) is 0 Å². The fourth-order valence-electron chi connectivity index (χ4n) is 3.66. The number of carbonyl (C=O) groups is 1. The highest BCUT2D eigenvalue weighted by molar-refractivity contribution is 7.08. The number of nitrogens with zero attached hydrogens (tertiary/aromatic N) is 3. The zero-order valence-corrected chi connectivity index (χ0v) is 18.5. The maximum Gasteiger partial charge on any atom is 0.265 e. The average Bonchev–Trinajstić information content (AvgIpc) is 3.28. The summed E-state index contributed by atoms with van der Waals surface area (Å²) in [6, 6.07) is 16.5. The Morgan fingerprint density at radius 2 is 1.87 bits per heavy atom. The Balaban J connectivity index is 1.54. The van der Waals surface area contributed by atoms with Crippen molar-refractivity contribution in [1.82, 2.24) is 19.8 Å². The molecule has 0 spiro atoms. The van der Waals surface area contributed by atoms with Crippen molar-refractivity contribution in [3.63, 3.8) is 0 Å². The Kier molecular flexibility index (Phi) is 5.97. The van der Waals surface area contributed by atoms with Gasteiger partial charge in [-0.1, -0.05) is 12.1 Å². The number of hydrogen-bond acceptors (Lipinski definition) is 5. The van der Waals surface area contributed by atoms with E-state index in [1.54, 1.807) is 53.2 Å². The molecule has 0 aliphatic rings. The van der Waals surface area contributed by atoms with Gasteiger partial charge in [0.15, 0.2) is 0 Å². The van der Waals surface area contributed by atoms with E-state index in [9.17, 15) is 9.59 Å². The Morgan fingerprint density at radius 3 is 2.55 bits per heavy atom. The second kappa shape index (κ2) is 8.83. The molecule has 2 heterocycles. The summed E-state index contributed by atoms with van der Waals surface area (Å²) in [6.07, 6.45) is 0. The fraction of sp³-hybridized carbons (Fsp3) is 0.208. The van der Waals surface area contributed by atoms with E-state index in [1.807, 2.05) is 37.7 Å². The van der Waals surface area contributed by atoms with Gasteiger partial charge in [-0.15, -0.1) is 0 Å². The van der Waals surface area contributed by atoms with E-state index in [2.05, 4.69) is 26.6 Å². The predicted molar refractivity (Wildman–Crippen MR) is 125 cm³/mol. The number of aromatic nitrogens is 2. The Bertz CT molecular complexity index is 1260. The van der Waals surface area contributed by atoms with Gasteiger partial charge in [0.05, 0.1) is 22.6 Å². The van der Waals surface area contributed by atoms with Crippen LogP contribution >= 0.6 is 11.3 Å². The molecule has 1 N–H and O–H groups in total. The highest BCUT2D eigenvalue weighted by atomic mass is 32.1. The van der Waals surface area contributed by atoms with Gasteiger partial charge in [-0.3, -0.25) is 14.2 Å². The van der Waals surface area contributed by atoms with Crippen LogP contribution in [0.3, 0.4) is 0 Å². The summed E-state index contributed by atoms with van der Waals surface area (Å²) in [6.45, 7) is 2.32. The van der Waals surface area contributed by atoms with Crippen molar-refractivity contribution in [1.29, 1.82) is 0 Å². The molecule has 4 aromatic rings. The smallest absolute Gasteiger partial charge is 0.265 e. The maximum absolute atomic E-state index is 13.0. The Morgan fingerprint density at radius 1 is 1.13 bits per heavy atom. The second-order valence-corrected chi connectivity index (χ2v) is 8.39. The molecule has 0 unspecified atom stereocenters. The first-order valence-electron chi connectivity index (χ1n) is 10.0. The lowest BCUT2D eigenvalue weighted by atomic mass is 10.1. The minimum atomic E-state index is -0.144. The van der Waals surface area contributed by atoms with Gasteiger partial charge < -0.3 is 10.2 Å². The molecule has 0 aliphatic carbocycles. The number of fused-ring (bicyclic) bond motifs is 1. The lowest BCUT2D eigenvalue weighted by Gasteiger charge is -2.24. The molecule has 0 saturated carbocycles. The minimum Gasteiger partial charge on any atom is -0.350 e. The lowest BCUT2D eigenvalue weighted by Crippen LogP contribution is -2.34. The summed E-state index contributed by atoms with van der Waals surface area (Å²) in [5.41, 5.74) is 2.97. The third-order valence-electron chi connectivity index (χ3n) is 5.34. The number of thiophene rings is 1. The number of nitrogens with one attached hydrogen (secondary N) is 1. The summed E-state index contributed by atoms with van der Waals surface area (Å²) in [5, 5.41) is 7.73. The normalized spacial score (nSPS) is 12.3. The van der Waals surface area contributed by atoms with Gasteiger partial charge in [-0.2, -0.15) is 11.3 Å². The molecule has 2 aromatic carbocycles. The third kappa shape index (κ3) is 4.28. The van der Waals surface area contributed by atoms with Gasteiger partial charge in [0.2, 0.25) is 0 Å². The summed E-state index contributed by atoms with van der Waals surface area (Å²) in [7, 11) is 4.00. The van der Waals surface area contributed by atoms with Crippen LogP contribution in [0, 0.1) is 6.92 Å². The van der Waals surface area contributed by atoms with Crippen LogP contribution in [0.4, 0.5) is 0 Å². The molecule has 2 aromatic heterocycles. The molecule has 4 rings (SSSR count). The largest absolute Gasteiger partial charge is 0.350 e. The average molecular weight is 433 g/mol. The van der Waals surface area contributed by atoms with E-state index in [0.717, 1.165) is 0 Å². The predicted octanol–water partition coefficient (Wildman–Crippen LogP) is 3.79. The number of carbonyl (C=O) groups excluding carboxylic acids is 1. The summed E-state index contributed by atoms with van der Waals surface area (Å²) in [5.74, 6) is 0.458. The third-order valence-corrected chi connectivity index (χ3v) is 6.04. The summed E-state index contributed by atoms with van der Waals surface area (Å²) in [4.78, 5) is 32.3. The van der Waals surface area contributed by atoms with E-state index in [0.29, 0.717) is 34.5 Å². The molecule has 0 radical (unpaired) electrons. The van der Waals surface area contributed by atoms with Crippen LogP contribution in [0.1, 0.15) is 27.8 Å². The van der Waals surface area contributed by atoms with Crippen molar-refractivity contribution in [2.45, 2.75) is 13.0 Å². The van der Waals surface area contributed by atoms with Crippen molar-refractivity contribution >= 4 is 28.1 Å². The molecular weight excluding hydrogens is 408 g/mol. The Hall–Kier alpha value is -3.29. The number of aryl methyl sites for hydroxylation is 1. The van der Waals surface area contributed by atoms with Crippen LogP contribution in [0.5, 0.6) is 0 Å². The molecule has 1 atom stereocenters. The number of para-hydroxylation sites is 1. The van der Waals surface area contributed by atoms with Crippen molar-refractivity contribution in [3.05, 3.63) is 92.7 Å². The summed E-state index contributed by atoms with van der Waals surface area (Å²) >= 11 is 1.65. The molecule has 0 fully saturated rings. The number of hydrogen-bond donors (Lipinski definition) is 1. The number of likely N-dealkylation sites (N-methyl/N-ethyl adjacent to an activating group) is 1. The van der Waals surface area contributed by atoms with Gasteiger partial charge in [0, 0.05) is 12.1 Å². The lowest BCUT2D eigenvalue weighted by molar-refractivity contribution is 0.0942.